The number of hydrogen-bond donors (Lipinski definition) is 3. The molecule has 6 nitrogen and oxygen atoms in total. The molecule has 140 valence electrons. The van der Waals surface area contributed by atoms with E-state index in [2.05, 4.69) is 6.92 Å². The third-order valence-electron chi connectivity index (χ3n) is 5.78. The summed E-state index contributed by atoms with van der Waals surface area (Å²) in [4.78, 5) is 10.8. The Morgan fingerprint density at radius 3 is 2.36 bits per heavy atom. The normalized spacial score (nSPS) is 30.6. The monoisotopic (exact) mass is 369 g/mol. The molecule has 2 fully saturated rings. The molecule has 0 radical (unpaired) electrons. The molecule has 0 heterocycles. The maximum absolute atomic E-state index is 10.9. The van der Waals surface area contributed by atoms with E-state index in [1.54, 1.807) is 18.2 Å². The van der Waals surface area contributed by atoms with Crippen LogP contribution in [0.3, 0.4) is 0 Å². The Morgan fingerprint density at radius 1 is 1.28 bits per heavy atom. The minimum absolute atomic E-state index is 0.0551. The number of carboxylic acid groups (broad SMARTS) is 1. The van der Waals surface area contributed by atoms with E-state index in [-0.39, 0.29) is 16.7 Å². The van der Waals surface area contributed by atoms with Crippen LogP contribution in [0.2, 0.25) is 0 Å². The molecule has 4 N–H and O–H groups in total. The Kier molecular flexibility index (Phi) is 6.24. The van der Waals surface area contributed by atoms with Crippen molar-refractivity contribution < 1.29 is 22.9 Å². The fourth-order valence-corrected chi connectivity index (χ4v) is 4.97. The smallest absolute Gasteiger partial charge is 0.303 e. The molecule has 0 spiro atoms. The second kappa shape index (κ2) is 7.85. The summed E-state index contributed by atoms with van der Waals surface area (Å²) in [5, 5.41) is 8.93. The maximum atomic E-state index is 10.9. The summed E-state index contributed by atoms with van der Waals surface area (Å²) < 4.78 is 29.2. The van der Waals surface area contributed by atoms with Gasteiger partial charge in [0.1, 0.15) is 0 Å². The fourth-order valence-electron chi connectivity index (χ4n) is 4.47. The van der Waals surface area contributed by atoms with Gasteiger partial charge in [-0.3, -0.25) is 9.35 Å². The summed E-state index contributed by atoms with van der Waals surface area (Å²) >= 11 is 0. The molecule has 4 atom stereocenters. The van der Waals surface area contributed by atoms with E-state index >= 15 is 0 Å². The van der Waals surface area contributed by atoms with Gasteiger partial charge in [-0.05, 0) is 61.1 Å². The van der Waals surface area contributed by atoms with E-state index in [9.17, 15) is 13.2 Å². The van der Waals surface area contributed by atoms with Gasteiger partial charge in [0.25, 0.3) is 10.1 Å². The van der Waals surface area contributed by atoms with Gasteiger partial charge in [-0.1, -0.05) is 31.5 Å². The molecule has 2 aliphatic rings. The summed E-state index contributed by atoms with van der Waals surface area (Å²) in [6.07, 6.45) is 5.09. The number of nitrogens with two attached hydrogens (primary N) is 1. The lowest BCUT2D eigenvalue weighted by Crippen LogP contribution is -2.51. The molecule has 25 heavy (non-hydrogen) atoms. The molecular formula is C18H27NO5S. The third kappa shape index (κ3) is 4.59. The molecule has 0 aliphatic heterocycles. The first-order chi connectivity index (χ1) is 11.7. The van der Waals surface area contributed by atoms with Crippen molar-refractivity contribution in [3.05, 3.63) is 30.3 Å². The van der Waals surface area contributed by atoms with Crippen molar-refractivity contribution >= 4 is 16.1 Å². The topological polar surface area (TPSA) is 118 Å². The summed E-state index contributed by atoms with van der Waals surface area (Å²) in [6, 6.07) is 7.42. The first kappa shape index (κ1) is 19.9. The van der Waals surface area contributed by atoms with Crippen LogP contribution >= 0.6 is 0 Å². The molecule has 1 unspecified atom stereocenters. The molecule has 2 saturated carbocycles. The van der Waals surface area contributed by atoms with Crippen molar-refractivity contribution in [1.29, 1.82) is 0 Å². The van der Waals surface area contributed by atoms with E-state index < -0.39 is 16.1 Å². The Hall–Kier alpha value is -1.44. The van der Waals surface area contributed by atoms with Crippen LogP contribution in [0.15, 0.2) is 35.2 Å². The van der Waals surface area contributed by atoms with Gasteiger partial charge in [-0.2, -0.15) is 8.42 Å². The summed E-state index contributed by atoms with van der Waals surface area (Å²) in [6.45, 7) is 2.79. The van der Waals surface area contributed by atoms with Crippen molar-refractivity contribution in [3.63, 3.8) is 0 Å². The van der Waals surface area contributed by atoms with Gasteiger partial charge < -0.3 is 10.8 Å². The zero-order valence-electron chi connectivity index (χ0n) is 14.5. The van der Waals surface area contributed by atoms with E-state index in [1.807, 2.05) is 0 Å². The van der Waals surface area contributed by atoms with Gasteiger partial charge in [-0.25, -0.2) is 0 Å². The van der Waals surface area contributed by atoms with Gasteiger partial charge in [0, 0.05) is 0 Å². The quantitative estimate of drug-likeness (QED) is 0.687. The predicted octanol–water partition coefficient (Wildman–Crippen LogP) is 2.80. The third-order valence-corrected chi connectivity index (χ3v) is 6.64. The van der Waals surface area contributed by atoms with Gasteiger partial charge in [-0.15, -0.1) is 0 Å². The van der Waals surface area contributed by atoms with Crippen LogP contribution in [0.25, 0.3) is 0 Å². The molecule has 1 aromatic rings. The average Bonchev–Trinajstić information content (AvgIpc) is 2.91. The van der Waals surface area contributed by atoms with Gasteiger partial charge in [0.05, 0.1) is 11.3 Å². The lowest BCUT2D eigenvalue weighted by Gasteiger charge is -2.51. The van der Waals surface area contributed by atoms with Crippen LogP contribution in [-0.4, -0.2) is 30.6 Å². The molecule has 0 saturated heterocycles. The van der Waals surface area contributed by atoms with E-state index in [4.69, 9.17) is 15.4 Å². The minimum Gasteiger partial charge on any atom is -0.481 e. The number of carbonyl (C=O) groups is 1. The van der Waals surface area contributed by atoms with Crippen LogP contribution in [-0.2, 0) is 14.9 Å². The average molecular weight is 369 g/mol. The molecule has 0 amide bonds. The largest absolute Gasteiger partial charge is 0.481 e. The number of aliphatic carboxylic acids is 1. The second-order valence-electron chi connectivity index (χ2n) is 7.24. The molecular weight excluding hydrogens is 342 g/mol. The maximum Gasteiger partial charge on any atom is 0.303 e. The zero-order chi connectivity index (χ0) is 18.7. The SMILES string of the molecule is CCC1C[C@@H]2C[C@](CN)(CC(=O)O)[C@@H]2C1.O=S(=O)(O)c1ccccc1. The Bertz CT molecular complexity index is 691. The number of benzene rings is 1. The molecule has 0 bridgehead atoms. The highest BCUT2D eigenvalue weighted by atomic mass is 32.2. The molecule has 0 aromatic heterocycles. The molecule has 3 rings (SSSR count). The number of hydrogen-bond acceptors (Lipinski definition) is 4. The Morgan fingerprint density at radius 2 is 1.92 bits per heavy atom. The van der Waals surface area contributed by atoms with Crippen molar-refractivity contribution in [2.24, 2.45) is 28.9 Å². The predicted molar refractivity (Wildman–Crippen MR) is 94.6 cm³/mol. The van der Waals surface area contributed by atoms with Crippen LogP contribution in [0, 0.1) is 23.2 Å². The highest BCUT2D eigenvalue weighted by Crippen LogP contribution is 2.62. The number of fused-ring (bicyclic) bond motifs is 1. The molecule has 7 heteroatoms. The van der Waals surface area contributed by atoms with Crippen LogP contribution in [0.5, 0.6) is 0 Å². The second-order valence-corrected chi connectivity index (χ2v) is 8.66. The van der Waals surface area contributed by atoms with Crippen molar-refractivity contribution in [2.45, 2.75) is 43.9 Å². The van der Waals surface area contributed by atoms with Gasteiger partial charge in [0.2, 0.25) is 0 Å². The Balaban J connectivity index is 0.000000196. The van der Waals surface area contributed by atoms with E-state index in [1.165, 1.54) is 31.4 Å². The molecule has 1 aromatic carbocycles. The highest BCUT2D eigenvalue weighted by molar-refractivity contribution is 7.85. The van der Waals surface area contributed by atoms with Crippen LogP contribution in [0.4, 0.5) is 0 Å². The van der Waals surface area contributed by atoms with Gasteiger partial charge in [0.15, 0.2) is 0 Å². The lowest BCUT2D eigenvalue weighted by molar-refractivity contribution is -0.145. The molecule has 2 aliphatic carbocycles. The van der Waals surface area contributed by atoms with E-state index in [0.717, 1.165) is 18.3 Å². The summed E-state index contributed by atoms with van der Waals surface area (Å²) in [5.74, 6) is 1.52. The first-order valence-corrected chi connectivity index (χ1v) is 10.1. The lowest BCUT2D eigenvalue weighted by atomic mass is 9.53. The van der Waals surface area contributed by atoms with Crippen molar-refractivity contribution in [2.75, 3.05) is 6.54 Å². The van der Waals surface area contributed by atoms with Crippen LogP contribution < -0.4 is 5.73 Å². The van der Waals surface area contributed by atoms with E-state index in [0.29, 0.717) is 12.5 Å². The summed E-state index contributed by atoms with van der Waals surface area (Å²) in [5.41, 5.74) is 5.74. The minimum atomic E-state index is -4.00. The Labute approximate surface area is 149 Å². The number of rotatable bonds is 5. The van der Waals surface area contributed by atoms with Gasteiger partial charge >= 0.3 is 5.97 Å². The van der Waals surface area contributed by atoms with Crippen LogP contribution in [0.1, 0.15) is 39.0 Å². The zero-order valence-corrected chi connectivity index (χ0v) is 15.3. The first-order valence-electron chi connectivity index (χ1n) is 8.66. The van der Waals surface area contributed by atoms with Crippen molar-refractivity contribution in [3.8, 4) is 0 Å². The number of carboxylic acids is 1. The van der Waals surface area contributed by atoms with Crippen molar-refractivity contribution in [1.82, 2.24) is 0 Å². The fraction of sp³-hybridized carbons (Fsp3) is 0.611. The summed E-state index contributed by atoms with van der Waals surface area (Å²) in [7, 11) is -4.00. The standard InChI is InChI=1S/C12H21NO2.C6H6O3S/c1-2-8-3-9-5-12(7-13,6-11(14)15)10(9)4-8;7-10(8,9)6-4-2-1-3-5-6/h8-10H,2-7,13H2,1H3,(H,14,15);1-5H,(H,7,8,9)/t8?,9-,10-,12-;/m1./s1. The highest BCUT2D eigenvalue weighted by Gasteiger charge is 2.57.